The number of para-hydroxylation sites is 1. The third-order valence-electron chi connectivity index (χ3n) is 3.21. The first-order valence-electron chi connectivity index (χ1n) is 6.91. The second-order valence-corrected chi connectivity index (χ2v) is 6.18. The summed E-state index contributed by atoms with van der Waals surface area (Å²) in [6.07, 6.45) is 1.48. The van der Waals surface area contributed by atoms with E-state index in [0.29, 0.717) is 13.0 Å². The first kappa shape index (κ1) is 19.7. The monoisotopic (exact) mass is 315 g/mol. The Balaban J connectivity index is 0.00000400. The molecule has 0 spiro atoms. The van der Waals surface area contributed by atoms with Crippen LogP contribution in [-0.4, -0.2) is 24.2 Å². The van der Waals surface area contributed by atoms with Crippen molar-refractivity contribution in [3.8, 4) is 5.75 Å². The largest absolute Gasteiger partial charge is 0.496 e. The maximum atomic E-state index is 11.3. The van der Waals surface area contributed by atoms with Crippen LogP contribution in [0.1, 0.15) is 39.2 Å². The van der Waals surface area contributed by atoms with Crippen LogP contribution >= 0.6 is 12.4 Å². The summed E-state index contributed by atoms with van der Waals surface area (Å²) in [6.45, 7) is 6.84. The maximum absolute atomic E-state index is 11.3. The summed E-state index contributed by atoms with van der Waals surface area (Å²) in [5.74, 6) is -0.0240. The van der Waals surface area contributed by atoms with Gasteiger partial charge in [0.15, 0.2) is 0 Å². The molecule has 0 aliphatic carbocycles. The maximum Gasteiger partial charge on any atom is 0.320 e. The van der Waals surface area contributed by atoms with E-state index < -0.39 is 12.0 Å². The van der Waals surface area contributed by atoms with Gasteiger partial charge < -0.3 is 15.2 Å². The summed E-state index contributed by atoms with van der Waals surface area (Å²) >= 11 is 0. The summed E-state index contributed by atoms with van der Waals surface area (Å²) in [7, 11) is 1.62. The molecule has 0 amide bonds. The molecule has 5 heteroatoms. The molecule has 0 aliphatic rings. The quantitative estimate of drug-likeness (QED) is 0.808. The second kappa shape index (κ2) is 8.90. The summed E-state index contributed by atoms with van der Waals surface area (Å²) in [5.41, 5.74) is 1.11. The summed E-state index contributed by atoms with van der Waals surface area (Å²) in [4.78, 5) is 11.3. The highest BCUT2D eigenvalue weighted by Crippen LogP contribution is 2.22. The van der Waals surface area contributed by atoms with Crippen LogP contribution in [0.5, 0.6) is 5.75 Å². The zero-order valence-corrected chi connectivity index (χ0v) is 14.0. The minimum atomic E-state index is -0.802. The van der Waals surface area contributed by atoms with Crippen LogP contribution in [0.25, 0.3) is 0 Å². The van der Waals surface area contributed by atoms with Crippen molar-refractivity contribution in [2.75, 3.05) is 7.11 Å². The first-order chi connectivity index (χ1) is 9.33. The highest BCUT2D eigenvalue weighted by atomic mass is 35.5. The summed E-state index contributed by atoms with van der Waals surface area (Å²) in [6, 6.07) is 7.11. The van der Waals surface area contributed by atoms with Gasteiger partial charge in [0.25, 0.3) is 0 Å². The first-order valence-corrected chi connectivity index (χ1v) is 6.91. The molecule has 1 aromatic carbocycles. The molecule has 0 radical (unpaired) electrons. The van der Waals surface area contributed by atoms with Gasteiger partial charge in [-0.15, -0.1) is 12.4 Å². The van der Waals surface area contributed by atoms with Gasteiger partial charge in [-0.25, -0.2) is 0 Å². The molecule has 0 saturated heterocycles. The Morgan fingerprint density at radius 1 is 1.33 bits per heavy atom. The lowest BCUT2D eigenvalue weighted by molar-refractivity contribution is -0.139. The zero-order chi connectivity index (χ0) is 15.2. The average molecular weight is 316 g/mol. The van der Waals surface area contributed by atoms with Crippen LogP contribution in [0.15, 0.2) is 24.3 Å². The molecule has 2 N–H and O–H groups in total. The van der Waals surface area contributed by atoms with Crippen molar-refractivity contribution in [1.29, 1.82) is 0 Å². The number of methoxy groups -OCH3 is 1. The number of benzene rings is 1. The van der Waals surface area contributed by atoms with Crippen molar-refractivity contribution in [2.45, 2.75) is 46.2 Å². The number of halogens is 1. The summed E-state index contributed by atoms with van der Waals surface area (Å²) < 4.78 is 5.26. The lowest BCUT2D eigenvalue weighted by Crippen LogP contribution is -2.37. The predicted molar refractivity (Wildman–Crippen MR) is 87.2 cm³/mol. The number of hydrogen-bond donors (Lipinski definition) is 2. The Morgan fingerprint density at radius 3 is 2.48 bits per heavy atom. The van der Waals surface area contributed by atoms with E-state index in [9.17, 15) is 9.90 Å². The van der Waals surface area contributed by atoms with Crippen LogP contribution in [0.3, 0.4) is 0 Å². The topological polar surface area (TPSA) is 58.6 Å². The molecule has 0 aromatic heterocycles. The third kappa shape index (κ3) is 7.34. The fourth-order valence-corrected chi connectivity index (χ4v) is 1.97. The molecule has 0 aliphatic heterocycles. The van der Waals surface area contributed by atoms with E-state index in [4.69, 9.17) is 4.74 Å². The van der Waals surface area contributed by atoms with E-state index >= 15 is 0 Å². The Kier molecular flexibility index (Phi) is 8.37. The van der Waals surface area contributed by atoms with E-state index in [1.165, 1.54) is 0 Å². The van der Waals surface area contributed by atoms with Crippen molar-refractivity contribution in [1.82, 2.24) is 5.32 Å². The Hall–Kier alpha value is -1.26. The minimum Gasteiger partial charge on any atom is -0.496 e. The lowest BCUT2D eigenvalue weighted by Gasteiger charge is -2.22. The fourth-order valence-electron chi connectivity index (χ4n) is 1.97. The van der Waals surface area contributed by atoms with Gasteiger partial charge in [0.1, 0.15) is 11.8 Å². The van der Waals surface area contributed by atoms with Crippen LogP contribution in [0.4, 0.5) is 0 Å². The van der Waals surface area contributed by atoms with Gasteiger partial charge in [-0.2, -0.15) is 0 Å². The molecular weight excluding hydrogens is 290 g/mol. The fraction of sp³-hybridized carbons (Fsp3) is 0.562. The minimum absolute atomic E-state index is 0. The number of nitrogens with one attached hydrogen (secondary N) is 1. The van der Waals surface area contributed by atoms with Gasteiger partial charge in [-0.1, -0.05) is 39.0 Å². The number of hydrogen-bond acceptors (Lipinski definition) is 3. The predicted octanol–water partition coefficient (Wildman–Crippen LogP) is 3.49. The highest BCUT2D eigenvalue weighted by molar-refractivity contribution is 5.85. The van der Waals surface area contributed by atoms with Crippen molar-refractivity contribution in [2.24, 2.45) is 5.41 Å². The average Bonchev–Trinajstić information content (AvgIpc) is 2.37. The molecule has 21 heavy (non-hydrogen) atoms. The van der Waals surface area contributed by atoms with E-state index in [2.05, 4.69) is 26.1 Å². The Bertz CT molecular complexity index is 443. The normalized spacial score (nSPS) is 12.4. The van der Waals surface area contributed by atoms with E-state index in [1.807, 2.05) is 24.3 Å². The van der Waals surface area contributed by atoms with Gasteiger partial charge in [0, 0.05) is 12.1 Å². The van der Waals surface area contributed by atoms with Gasteiger partial charge in [-0.05, 0) is 24.3 Å². The number of carboxylic acid groups (broad SMARTS) is 1. The Labute approximate surface area is 133 Å². The Morgan fingerprint density at radius 2 is 1.95 bits per heavy atom. The number of ether oxygens (including phenoxy) is 1. The molecule has 0 heterocycles. The number of carbonyl (C=O) groups is 1. The number of carboxylic acids is 1. The van der Waals surface area contributed by atoms with E-state index in [0.717, 1.165) is 17.7 Å². The third-order valence-corrected chi connectivity index (χ3v) is 3.21. The molecule has 120 valence electrons. The van der Waals surface area contributed by atoms with Crippen molar-refractivity contribution >= 4 is 18.4 Å². The van der Waals surface area contributed by atoms with Crippen LogP contribution in [-0.2, 0) is 11.3 Å². The van der Waals surface area contributed by atoms with Crippen LogP contribution < -0.4 is 10.1 Å². The molecule has 1 atom stereocenters. The van der Waals surface area contributed by atoms with Gasteiger partial charge >= 0.3 is 5.97 Å². The SMILES string of the molecule is COc1ccccc1CN[C@@H](CCC(C)(C)C)C(=O)O.Cl. The molecule has 0 saturated carbocycles. The van der Waals surface area contributed by atoms with Crippen LogP contribution in [0, 0.1) is 5.41 Å². The molecular formula is C16H26ClNO3. The lowest BCUT2D eigenvalue weighted by atomic mass is 9.88. The number of aliphatic carboxylic acids is 1. The zero-order valence-electron chi connectivity index (χ0n) is 13.2. The molecule has 1 rings (SSSR count). The standard InChI is InChI=1S/C16H25NO3.ClH/c1-16(2,3)10-9-13(15(18)19)17-11-12-7-5-6-8-14(12)20-4;/h5-8,13,17H,9-11H2,1-4H3,(H,18,19);1H/t13-;/m0./s1. The van der Waals surface area contributed by atoms with E-state index in [1.54, 1.807) is 7.11 Å². The smallest absolute Gasteiger partial charge is 0.320 e. The molecule has 1 aromatic rings. The molecule has 0 unspecified atom stereocenters. The van der Waals surface area contributed by atoms with Crippen LogP contribution in [0.2, 0.25) is 0 Å². The molecule has 0 fully saturated rings. The molecule has 4 nitrogen and oxygen atoms in total. The highest BCUT2D eigenvalue weighted by Gasteiger charge is 2.20. The number of rotatable bonds is 7. The van der Waals surface area contributed by atoms with E-state index in [-0.39, 0.29) is 17.8 Å². The van der Waals surface area contributed by atoms with Crippen molar-refractivity contribution in [3.63, 3.8) is 0 Å². The second-order valence-electron chi connectivity index (χ2n) is 6.18. The molecule has 0 bridgehead atoms. The van der Waals surface area contributed by atoms with Gasteiger partial charge in [0.05, 0.1) is 7.11 Å². The van der Waals surface area contributed by atoms with Crippen molar-refractivity contribution < 1.29 is 14.6 Å². The van der Waals surface area contributed by atoms with Crippen molar-refractivity contribution in [3.05, 3.63) is 29.8 Å². The van der Waals surface area contributed by atoms with Gasteiger partial charge in [0.2, 0.25) is 0 Å². The van der Waals surface area contributed by atoms with Gasteiger partial charge in [-0.3, -0.25) is 4.79 Å². The summed E-state index contributed by atoms with van der Waals surface area (Å²) in [5, 5.41) is 12.4.